The summed E-state index contributed by atoms with van der Waals surface area (Å²) in [6.07, 6.45) is 4.47. The number of amides is 1. The maximum atomic E-state index is 14.9. The molecule has 1 amide bonds. The van der Waals surface area contributed by atoms with Crippen molar-refractivity contribution in [2.75, 3.05) is 26.0 Å². The molecule has 0 aliphatic rings. The Morgan fingerprint density at radius 2 is 1.95 bits per heavy atom. The number of benzene rings is 1. The van der Waals surface area contributed by atoms with Crippen LogP contribution in [0.15, 0.2) is 36.2 Å². The monoisotopic (exact) mass is 564 g/mol. The van der Waals surface area contributed by atoms with Crippen LogP contribution in [0.1, 0.15) is 36.7 Å². The van der Waals surface area contributed by atoms with Gasteiger partial charge in [-0.2, -0.15) is 5.26 Å². The maximum Gasteiger partial charge on any atom is 0.264 e. The largest absolute Gasteiger partial charge is 0.361 e. The molecule has 3 aromatic rings. The molecule has 0 unspecified atom stereocenters. The molecule has 0 atom stereocenters. The van der Waals surface area contributed by atoms with E-state index >= 15 is 0 Å². The van der Waals surface area contributed by atoms with Gasteiger partial charge in [-0.25, -0.2) is 14.4 Å². The van der Waals surface area contributed by atoms with Crippen molar-refractivity contribution in [3.8, 4) is 6.07 Å². The van der Waals surface area contributed by atoms with Crippen molar-refractivity contribution in [2.24, 2.45) is 5.41 Å². The van der Waals surface area contributed by atoms with E-state index in [2.05, 4.69) is 34.9 Å². The fourth-order valence-electron chi connectivity index (χ4n) is 3.73. The van der Waals surface area contributed by atoms with Crippen LogP contribution in [0.5, 0.6) is 0 Å². The second kappa shape index (κ2) is 12.1. The van der Waals surface area contributed by atoms with Crippen molar-refractivity contribution in [1.29, 1.82) is 5.26 Å². The van der Waals surface area contributed by atoms with Gasteiger partial charge in [0, 0.05) is 51.6 Å². The number of anilines is 2. The summed E-state index contributed by atoms with van der Waals surface area (Å²) in [7, 11) is 1.79. The third kappa shape index (κ3) is 7.61. The van der Waals surface area contributed by atoms with Gasteiger partial charge in [-0.3, -0.25) is 9.59 Å². The van der Waals surface area contributed by atoms with E-state index in [1.807, 2.05) is 26.8 Å². The summed E-state index contributed by atoms with van der Waals surface area (Å²) >= 11 is 0. The number of nitrogens with one attached hydrogen (secondary N) is 1. The van der Waals surface area contributed by atoms with Gasteiger partial charge in [0.15, 0.2) is 11.4 Å². The van der Waals surface area contributed by atoms with E-state index in [0.29, 0.717) is 34.8 Å². The van der Waals surface area contributed by atoms with Crippen LogP contribution in [0.3, 0.4) is 0 Å². The molecular weight excluding hydrogens is 527 g/mol. The molecule has 0 saturated carbocycles. The van der Waals surface area contributed by atoms with Gasteiger partial charge in [0.2, 0.25) is 0 Å². The molecule has 0 radical (unpaired) electrons. The number of nitrogens with zero attached hydrogens (tertiary/aromatic N) is 5. The molecule has 0 spiro atoms. The highest BCUT2D eigenvalue weighted by Crippen LogP contribution is 2.28. The molecule has 0 fully saturated rings. The van der Waals surface area contributed by atoms with Crippen molar-refractivity contribution < 1.29 is 18.7 Å². The van der Waals surface area contributed by atoms with Crippen LogP contribution in [0.4, 0.5) is 15.9 Å². The Balaban J connectivity index is 1.91. The van der Waals surface area contributed by atoms with Crippen molar-refractivity contribution in [2.45, 2.75) is 53.2 Å². The summed E-state index contributed by atoms with van der Waals surface area (Å²) in [5.74, 6) is -0.881. The number of aromatic nitrogens is 3. The number of halogens is 1. The van der Waals surface area contributed by atoms with Gasteiger partial charge in [0.25, 0.3) is 5.91 Å². The predicted octanol–water partition coefficient (Wildman–Crippen LogP) is 5.85. The maximum absolute atomic E-state index is 14.9. The van der Waals surface area contributed by atoms with Gasteiger partial charge in [-0.1, -0.05) is 40.4 Å². The SMILES string of the molecule is CN(C)C(=O)/C(C#N)=C\c1ccc(Nc2cnc3c(n2)c(C(=O)C(C)(C)C)cn3COCC[Si](C)(C)C)cc1F. The van der Waals surface area contributed by atoms with Crippen LogP contribution >= 0.6 is 0 Å². The second-order valence-corrected chi connectivity index (χ2v) is 17.7. The number of ether oxygens (including phenoxy) is 1. The van der Waals surface area contributed by atoms with E-state index in [9.17, 15) is 19.2 Å². The van der Waals surface area contributed by atoms with Gasteiger partial charge in [-0.05, 0) is 30.3 Å². The molecule has 0 bridgehead atoms. The summed E-state index contributed by atoms with van der Waals surface area (Å²) in [4.78, 5) is 35.8. The Kier molecular flexibility index (Phi) is 9.27. The summed E-state index contributed by atoms with van der Waals surface area (Å²) in [5.41, 5.74) is 1.07. The summed E-state index contributed by atoms with van der Waals surface area (Å²) in [6.45, 7) is 13.3. The number of ketones is 1. The van der Waals surface area contributed by atoms with Crippen LogP contribution < -0.4 is 5.32 Å². The van der Waals surface area contributed by atoms with Gasteiger partial charge >= 0.3 is 0 Å². The Morgan fingerprint density at radius 3 is 2.52 bits per heavy atom. The number of rotatable bonds is 10. The number of carbonyl (C=O) groups excluding carboxylic acids is 2. The first-order chi connectivity index (χ1) is 18.6. The predicted molar refractivity (Wildman–Crippen MR) is 157 cm³/mol. The normalized spacial score (nSPS) is 12.3. The molecule has 0 aliphatic carbocycles. The third-order valence-corrected chi connectivity index (χ3v) is 7.75. The number of nitriles is 1. The van der Waals surface area contributed by atoms with Crippen LogP contribution in [0.2, 0.25) is 25.7 Å². The fourth-order valence-corrected chi connectivity index (χ4v) is 4.49. The zero-order valence-corrected chi connectivity index (χ0v) is 25.4. The lowest BCUT2D eigenvalue weighted by Gasteiger charge is -2.16. The third-order valence-electron chi connectivity index (χ3n) is 6.05. The quantitative estimate of drug-likeness (QED) is 0.108. The lowest BCUT2D eigenvalue weighted by molar-refractivity contribution is -0.124. The molecule has 3 rings (SSSR count). The summed E-state index contributed by atoms with van der Waals surface area (Å²) in [6, 6.07) is 7.15. The zero-order chi connectivity index (χ0) is 29.8. The van der Waals surface area contributed by atoms with E-state index in [1.165, 1.54) is 43.4 Å². The van der Waals surface area contributed by atoms with E-state index in [-0.39, 0.29) is 23.7 Å². The minimum atomic E-state index is -1.24. The molecule has 0 saturated heterocycles. The average Bonchev–Trinajstić information content (AvgIpc) is 3.21. The highest BCUT2D eigenvalue weighted by Gasteiger charge is 2.28. The van der Waals surface area contributed by atoms with Gasteiger partial charge in [-0.15, -0.1) is 0 Å². The van der Waals surface area contributed by atoms with Gasteiger partial charge < -0.3 is 19.5 Å². The molecule has 0 aliphatic heterocycles. The first-order valence-electron chi connectivity index (χ1n) is 13.0. The standard InChI is InChI=1S/C29H37FN6O3Si/c1-29(2,3)26(37)22-17-36(18-39-11-12-40(6,7)8)27-25(22)34-24(16-32-27)33-21-10-9-19(23(30)14-21)13-20(15-31)28(38)35(4)5/h9-10,13-14,16-17H,11-12,18H2,1-8H3,(H,33,34)/b20-13-. The average molecular weight is 565 g/mol. The number of likely N-dealkylation sites (N-methyl/N-ethyl adjacent to an activating group) is 1. The first kappa shape index (κ1) is 30.7. The molecule has 40 heavy (non-hydrogen) atoms. The minimum absolute atomic E-state index is 0.0763. The van der Waals surface area contributed by atoms with Crippen LogP contribution in [-0.2, 0) is 16.3 Å². The Bertz CT molecular complexity index is 1490. The highest BCUT2D eigenvalue weighted by atomic mass is 28.3. The van der Waals surface area contributed by atoms with Crippen LogP contribution in [0, 0.1) is 22.6 Å². The lowest BCUT2D eigenvalue weighted by Crippen LogP contribution is -2.22. The zero-order valence-electron chi connectivity index (χ0n) is 24.4. The van der Waals surface area contributed by atoms with Crippen molar-refractivity contribution in [1.82, 2.24) is 19.4 Å². The van der Waals surface area contributed by atoms with E-state index in [1.54, 1.807) is 16.8 Å². The second-order valence-electron chi connectivity index (χ2n) is 12.1. The Hall–Kier alpha value is -3.88. The van der Waals surface area contributed by atoms with E-state index in [4.69, 9.17) is 4.74 Å². The van der Waals surface area contributed by atoms with Gasteiger partial charge in [0.05, 0.1) is 11.8 Å². The molecule has 2 heterocycles. The van der Waals surface area contributed by atoms with Crippen molar-refractivity contribution in [3.63, 3.8) is 0 Å². The number of hydrogen-bond donors (Lipinski definition) is 1. The smallest absolute Gasteiger partial charge is 0.264 e. The Morgan fingerprint density at radius 1 is 1.25 bits per heavy atom. The molecule has 1 aromatic carbocycles. The minimum Gasteiger partial charge on any atom is -0.361 e. The summed E-state index contributed by atoms with van der Waals surface area (Å²) < 4.78 is 22.6. The number of carbonyl (C=O) groups is 2. The molecule has 11 heteroatoms. The number of fused-ring (bicyclic) bond motifs is 1. The van der Waals surface area contributed by atoms with E-state index in [0.717, 1.165) is 6.04 Å². The van der Waals surface area contributed by atoms with Crippen LogP contribution in [0.25, 0.3) is 17.2 Å². The number of Topliss-reactive ketones (excluding diaryl/α,β-unsaturated/α-hetero) is 1. The Labute approximate surface area is 235 Å². The van der Waals surface area contributed by atoms with Crippen molar-refractivity contribution >= 4 is 48.5 Å². The summed E-state index contributed by atoms with van der Waals surface area (Å²) in [5, 5.41) is 12.3. The fraction of sp³-hybridized carbons (Fsp3) is 0.414. The molecular formula is C29H37FN6O3Si. The molecule has 9 nitrogen and oxygen atoms in total. The first-order valence-corrected chi connectivity index (χ1v) is 16.7. The molecule has 212 valence electrons. The molecule has 2 aromatic heterocycles. The van der Waals surface area contributed by atoms with Gasteiger partial charge in [0.1, 0.15) is 35.5 Å². The lowest BCUT2D eigenvalue weighted by atomic mass is 9.87. The van der Waals surface area contributed by atoms with E-state index < -0.39 is 25.2 Å². The topological polar surface area (TPSA) is 113 Å². The van der Waals surface area contributed by atoms with Crippen molar-refractivity contribution in [3.05, 3.63) is 53.1 Å². The number of hydrogen-bond acceptors (Lipinski definition) is 7. The van der Waals surface area contributed by atoms with Crippen LogP contribution in [-0.4, -0.2) is 59.9 Å². The molecule has 1 N–H and O–H groups in total. The highest BCUT2D eigenvalue weighted by molar-refractivity contribution is 6.76.